The van der Waals surface area contributed by atoms with Crippen LogP contribution in [0.3, 0.4) is 0 Å². The van der Waals surface area contributed by atoms with Crippen molar-refractivity contribution in [1.29, 1.82) is 5.26 Å². The van der Waals surface area contributed by atoms with E-state index in [1.807, 2.05) is 12.1 Å². The maximum Gasteiger partial charge on any atom is 0.263 e. The molecule has 1 saturated heterocycles. The molecule has 43 heavy (non-hydrogen) atoms. The van der Waals surface area contributed by atoms with Gasteiger partial charge in [-0.2, -0.15) is 10.5 Å². The van der Waals surface area contributed by atoms with Gasteiger partial charge in [0, 0.05) is 56.2 Å². The summed E-state index contributed by atoms with van der Waals surface area (Å²) < 4.78 is 0. The molecular formula is C30H39N9O2S2. The van der Waals surface area contributed by atoms with Gasteiger partial charge < -0.3 is 20.0 Å². The molecule has 2 amide bonds. The monoisotopic (exact) mass is 621 g/mol. The van der Waals surface area contributed by atoms with E-state index in [1.54, 1.807) is 38.0 Å². The number of fused-ring (bicyclic) bond motifs is 2. The lowest BCUT2D eigenvalue weighted by Gasteiger charge is -2.32. The van der Waals surface area contributed by atoms with Gasteiger partial charge >= 0.3 is 0 Å². The molecule has 0 saturated carbocycles. The number of amides is 2. The number of nitrogens with zero attached hydrogens (tertiary/aromatic N) is 7. The third kappa shape index (κ3) is 5.47. The van der Waals surface area contributed by atoms with Gasteiger partial charge in [-0.05, 0) is 68.3 Å². The van der Waals surface area contributed by atoms with E-state index in [9.17, 15) is 14.9 Å². The molecule has 11 nitrogen and oxygen atoms in total. The van der Waals surface area contributed by atoms with Gasteiger partial charge in [-0.1, -0.05) is 18.7 Å². The highest BCUT2D eigenvalue weighted by Crippen LogP contribution is 2.51. The molecule has 3 aromatic heterocycles. The van der Waals surface area contributed by atoms with Crippen LogP contribution in [0.4, 0.5) is 0 Å². The zero-order valence-corrected chi connectivity index (χ0v) is 27.2. The minimum atomic E-state index is -0.821. The highest BCUT2D eigenvalue weighted by molar-refractivity contribution is 7.16. The number of rotatable bonds is 9. The number of hydrogen-bond acceptors (Lipinski definition) is 10. The van der Waals surface area contributed by atoms with E-state index in [2.05, 4.69) is 57.3 Å². The maximum atomic E-state index is 13.1. The third-order valence-corrected chi connectivity index (χ3v) is 11.4. The molecule has 2 unspecified atom stereocenters. The average Bonchev–Trinajstić information content (AvgIpc) is 3.78. The lowest BCUT2D eigenvalue weighted by Crippen LogP contribution is -2.39. The number of nitrogens with one attached hydrogen (secondary N) is 2. The van der Waals surface area contributed by atoms with E-state index < -0.39 is 5.41 Å². The van der Waals surface area contributed by atoms with Gasteiger partial charge in [0.05, 0.1) is 15.8 Å². The van der Waals surface area contributed by atoms with Gasteiger partial charge in [-0.25, -0.2) is 0 Å². The molecular weight excluding hydrogens is 583 g/mol. The summed E-state index contributed by atoms with van der Waals surface area (Å²) in [5, 5.41) is 29.0. The van der Waals surface area contributed by atoms with Crippen molar-refractivity contribution < 1.29 is 9.59 Å². The van der Waals surface area contributed by atoms with Gasteiger partial charge in [-0.15, -0.1) is 32.9 Å². The molecule has 228 valence electrons. The number of thiophene rings is 2. The minimum absolute atomic E-state index is 0.0506. The number of carbonyl (C=O) groups excluding carboxylic acids is 2. The Morgan fingerprint density at radius 1 is 1.12 bits per heavy atom. The first-order valence-corrected chi connectivity index (χ1v) is 16.1. The Labute approximate surface area is 260 Å². The van der Waals surface area contributed by atoms with Gasteiger partial charge in [-0.3, -0.25) is 9.59 Å². The van der Waals surface area contributed by atoms with Gasteiger partial charge in [0.2, 0.25) is 0 Å². The number of carbonyl (C=O) groups is 2. The minimum Gasteiger partial charge on any atom is -0.355 e. The standard InChI is InChI=1S/C30H39N9O2S2/c1-17-12-22(15-31)39(19(17)3)18(2)16-32-11-10-30(29-33-35-36-34-29)25-20(13-23(42-25)27(40)37(4)5)8-9-21-14-24(43-26(21)30)28(41)38(6)7/h13-14,17,19,22,32H,2,8-12,16H2,1,3-7H3,(H,33,34,35,36)/t17-,19?,22?/m0/s1. The molecule has 1 aliphatic carbocycles. The SMILES string of the molecule is C=C(CNCCC1(c2nn[nH]n2)c2sc(C(=O)N(C)C)cc2CCc2cc(C(=O)N(C)C)sc21)N1C(C#N)C[C@H](C)C1C. The molecule has 3 aromatic rings. The van der Waals surface area contributed by atoms with Crippen LogP contribution in [0, 0.1) is 17.2 Å². The fourth-order valence-electron chi connectivity index (χ4n) is 6.30. The fraction of sp³-hybridized carbons (Fsp3) is 0.533. The Morgan fingerprint density at radius 2 is 1.70 bits per heavy atom. The van der Waals surface area contributed by atoms with Crippen molar-refractivity contribution in [3.05, 3.63) is 60.9 Å². The van der Waals surface area contributed by atoms with Crippen LogP contribution in [0.1, 0.15) is 72.7 Å². The van der Waals surface area contributed by atoms with E-state index in [4.69, 9.17) is 0 Å². The van der Waals surface area contributed by atoms with Crippen LogP contribution < -0.4 is 5.32 Å². The van der Waals surface area contributed by atoms with Crippen LogP contribution in [0.2, 0.25) is 0 Å². The van der Waals surface area contributed by atoms with Crippen LogP contribution in [0.15, 0.2) is 24.4 Å². The summed E-state index contributed by atoms with van der Waals surface area (Å²) in [6.07, 6.45) is 2.87. The zero-order valence-electron chi connectivity index (χ0n) is 25.6. The normalized spacial score (nSPS) is 20.6. The average molecular weight is 622 g/mol. The smallest absolute Gasteiger partial charge is 0.263 e. The molecule has 0 aromatic carbocycles. The first-order chi connectivity index (χ1) is 20.5. The van der Waals surface area contributed by atoms with Gasteiger partial charge in [0.1, 0.15) is 11.5 Å². The predicted molar refractivity (Wildman–Crippen MR) is 167 cm³/mol. The van der Waals surface area contributed by atoms with Crippen LogP contribution >= 0.6 is 22.7 Å². The summed E-state index contributed by atoms with van der Waals surface area (Å²) in [6.45, 7) is 9.76. The predicted octanol–water partition coefficient (Wildman–Crippen LogP) is 3.28. The van der Waals surface area contributed by atoms with Crippen molar-refractivity contribution in [2.24, 2.45) is 5.92 Å². The van der Waals surface area contributed by atoms with Gasteiger partial charge in [0.15, 0.2) is 5.82 Å². The molecule has 13 heteroatoms. The summed E-state index contributed by atoms with van der Waals surface area (Å²) in [5.41, 5.74) is 2.25. The van der Waals surface area contributed by atoms with Gasteiger partial charge in [0.25, 0.3) is 11.8 Å². The number of tetrazole rings is 1. The van der Waals surface area contributed by atoms with Crippen LogP contribution in [0.25, 0.3) is 0 Å². The summed E-state index contributed by atoms with van der Waals surface area (Å²) in [5.74, 6) is 0.831. The third-order valence-electron chi connectivity index (χ3n) is 8.73. The number of hydrogen-bond donors (Lipinski definition) is 2. The largest absolute Gasteiger partial charge is 0.355 e. The van der Waals surface area contributed by atoms with E-state index in [-0.39, 0.29) is 23.9 Å². The number of nitriles is 1. The molecule has 0 spiro atoms. The van der Waals surface area contributed by atoms with Crippen molar-refractivity contribution >= 4 is 34.5 Å². The Morgan fingerprint density at radius 3 is 2.19 bits per heavy atom. The van der Waals surface area contributed by atoms with Crippen molar-refractivity contribution in [2.45, 2.75) is 57.0 Å². The number of H-pyrrole nitrogens is 1. The highest BCUT2D eigenvalue weighted by Gasteiger charge is 2.48. The summed E-state index contributed by atoms with van der Waals surface area (Å²) in [6, 6.07) is 6.53. The molecule has 4 heterocycles. The molecule has 0 radical (unpaired) electrons. The molecule has 0 bridgehead atoms. The van der Waals surface area contributed by atoms with Crippen molar-refractivity contribution in [3.63, 3.8) is 0 Å². The highest BCUT2D eigenvalue weighted by atomic mass is 32.1. The van der Waals surface area contributed by atoms with E-state index in [0.717, 1.165) is 45.8 Å². The van der Waals surface area contributed by atoms with Crippen LogP contribution in [0.5, 0.6) is 0 Å². The van der Waals surface area contributed by atoms with E-state index in [0.29, 0.717) is 41.0 Å². The second-order valence-corrected chi connectivity index (χ2v) is 14.1. The maximum absolute atomic E-state index is 13.1. The van der Waals surface area contributed by atoms with E-state index in [1.165, 1.54) is 22.7 Å². The molecule has 1 fully saturated rings. The lowest BCUT2D eigenvalue weighted by atomic mass is 9.78. The molecule has 5 rings (SSSR count). The first-order valence-electron chi connectivity index (χ1n) is 14.5. The lowest BCUT2D eigenvalue weighted by molar-refractivity contribution is 0.0825. The quantitative estimate of drug-likeness (QED) is 0.348. The van der Waals surface area contributed by atoms with Crippen molar-refractivity contribution in [1.82, 2.24) is 40.6 Å². The molecule has 3 atom stereocenters. The van der Waals surface area contributed by atoms with Crippen LogP contribution in [-0.4, -0.2) is 101 Å². The Balaban J connectivity index is 1.54. The first kappa shape index (κ1) is 30.8. The molecule has 2 N–H and O–H groups in total. The van der Waals surface area contributed by atoms with Crippen LogP contribution in [-0.2, 0) is 18.3 Å². The van der Waals surface area contributed by atoms with Crippen molar-refractivity contribution in [3.8, 4) is 6.07 Å². The summed E-state index contributed by atoms with van der Waals surface area (Å²) in [4.78, 5) is 34.9. The zero-order chi connectivity index (χ0) is 31.1. The molecule has 1 aliphatic heterocycles. The number of likely N-dealkylation sites (tertiary alicyclic amines) is 1. The van der Waals surface area contributed by atoms with E-state index >= 15 is 0 Å². The van der Waals surface area contributed by atoms with Crippen molar-refractivity contribution in [2.75, 3.05) is 41.3 Å². The number of aromatic nitrogens is 4. The number of aromatic amines is 1. The number of aryl methyl sites for hydroxylation is 2. The Kier molecular flexibility index (Phi) is 8.74. The summed E-state index contributed by atoms with van der Waals surface area (Å²) >= 11 is 2.95. The fourth-order valence-corrected chi connectivity index (χ4v) is 9.27. The Bertz CT molecular complexity index is 1480. The second kappa shape index (κ2) is 12.2. The molecule has 2 aliphatic rings. The second-order valence-electron chi connectivity index (χ2n) is 12.0. The summed E-state index contributed by atoms with van der Waals surface area (Å²) in [7, 11) is 7.02. The Hall–Kier alpha value is -3.60. The topological polar surface area (TPSA) is 134 Å².